The Morgan fingerprint density at radius 1 is 0.731 bits per heavy atom. The van der Waals surface area contributed by atoms with Gasteiger partial charge in [0, 0.05) is 6.20 Å². The minimum atomic E-state index is 0.616. The van der Waals surface area contributed by atoms with Gasteiger partial charge in [0.2, 0.25) is 0 Å². The van der Waals surface area contributed by atoms with Crippen LogP contribution in [0.4, 0.5) is 11.4 Å². The molecule has 0 fully saturated rings. The normalized spacial score (nSPS) is 12.3. The summed E-state index contributed by atoms with van der Waals surface area (Å²) in [6.45, 7) is 7.99. The predicted octanol–water partition coefficient (Wildman–Crippen LogP) is 5.37. The lowest BCUT2D eigenvalue weighted by atomic mass is 10.2. The molecule has 2 aromatic carbocycles. The third-order valence-corrected chi connectivity index (χ3v) is 4.16. The number of benzene rings is 2. The molecule has 4 heteroatoms. The smallest absolute Gasteiger partial charge is 0.174 e. The summed E-state index contributed by atoms with van der Waals surface area (Å²) in [4.78, 5) is 18.4. The average Bonchev–Trinajstić information content (AvgIpc) is 2.65. The van der Waals surface area contributed by atoms with Gasteiger partial charge in [-0.3, -0.25) is 4.99 Å². The molecule has 1 heterocycles. The summed E-state index contributed by atoms with van der Waals surface area (Å²) in [7, 11) is 0. The second-order valence-electron chi connectivity index (χ2n) is 6.23. The van der Waals surface area contributed by atoms with Crippen molar-refractivity contribution in [2.75, 3.05) is 0 Å². The topological polar surface area (TPSA) is 50.5 Å². The molecule has 3 rings (SSSR count). The van der Waals surface area contributed by atoms with Crippen LogP contribution >= 0.6 is 0 Å². The molecule has 0 aliphatic carbocycles. The second-order valence-corrected chi connectivity index (χ2v) is 6.23. The first-order valence-corrected chi connectivity index (χ1v) is 8.60. The molecule has 0 saturated carbocycles. The SMILES string of the molecule is C/C(=N\c1ccccc1C)c1ccnc(/C(C)=N/c2ccccc2C)n1. The summed E-state index contributed by atoms with van der Waals surface area (Å²) < 4.78 is 0. The van der Waals surface area contributed by atoms with E-state index >= 15 is 0 Å². The van der Waals surface area contributed by atoms with E-state index < -0.39 is 0 Å². The van der Waals surface area contributed by atoms with Gasteiger partial charge in [-0.05, 0) is 57.0 Å². The van der Waals surface area contributed by atoms with Gasteiger partial charge in [0.1, 0.15) is 0 Å². The largest absolute Gasteiger partial charge is 0.251 e. The van der Waals surface area contributed by atoms with Crippen LogP contribution in [0.5, 0.6) is 0 Å². The molecule has 4 nitrogen and oxygen atoms in total. The van der Waals surface area contributed by atoms with E-state index in [2.05, 4.69) is 28.0 Å². The Hall–Kier alpha value is -3.14. The van der Waals surface area contributed by atoms with E-state index in [-0.39, 0.29) is 0 Å². The first-order valence-electron chi connectivity index (χ1n) is 8.60. The van der Waals surface area contributed by atoms with E-state index in [9.17, 15) is 0 Å². The van der Waals surface area contributed by atoms with E-state index in [1.54, 1.807) is 6.20 Å². The molecule has 0 aliphatic rings. The summed E-state index contributed by atoms with van der Waals surface area (Å²) in [6, 6.07) is 18.0. The van der Waals surface area contributed by atoms with Crippen molar-refractivity contribution in [3.8, 4) is 0 Å². The van der Waals surface area contributed by atoms with Gasteiger partial charge in [-0.1, -0.05) is 36.4 Å². The highest BCUT2D eigenvalue weighted by molar-refractivity contribution is 6.01. The molecule has 0 N–H and O–H groups in total. The molecule has 0 amide bonds. The van der Waals surface area contributed by atoms with Gasteiger partial charge in [-0.15, -0.1) is 0 Å². The lowest BCUT2D eigenvalue weighted by Gasteiger charge is -2.06. The van der Waals surface area contributed by atoms with Crippen molar-refractivity contribution < 1.29 is 0 Å². The lowest BCUT2D eigenvalue weighted by Crippen LogP contribution is -2.07. The highest BCUT2D eigenvalue weighted by Gasteiger charge is 2.07. The molecule has 0 atom stereocenters. The maximum Gasteiger partial charge on any atom is 0.174 e. The quantitative estimate of drug-likeness (QED) is 0.598. The van der Waals surface area contributed by atoms with Crippen LogP contribution in [0.1, 0.15) is 36.5 Å². The fraction of sp³-hybridized carbons (Fsp3) is 0.182. The number of hydrogen-bond donors (Lipinski definition) is 0. The Kier molecular flexibility index (Phi) is 5.32. The maximum absolute atomic E-state index is 4.71. The Morgan fingerprint density at radius 3 is 1.85 bits per heavy atom. The number of nitrogens with zero attached hydrogens (tertiary/aromatic N) is 4. The van der Waals surface area contributed by atoms with Crippen molar-refractivity contribution in [1.82, 2.24) is 9.97 Å². The minimum Gasteiger partial charge on any atom is -0.251 e. The van der Waals surface area contributed by atoms with Gasteiger partial charge in [-0.25, -0.2) is 15.0 Å². The Balaban J connectivity index is 1.93. The van der Waals surface area contributed by atoms with Crippen molar-refractivity contribution in [3.05, 3.63) is 83.4 Å². The maximum atomic E-state index is 4.71. The van der Waals surface area contributed by atoms with Gasteiger partial charge in [-0.2, -0.15) is 0 Å². The highest BCUT2D eigenvalue weighted by atomic mass is 14.9. The highest BCUT2D eigenvalue weighted by Crippen LogP contribution is 2.20. The number of hydrogen-bond acceptors (Lipinski definition) is 4. The first-order chi connectivity index (χ1) is 12.5. The van der Waals surface area contributed by atoms with Crippen LogP contribution in [0, 0.1) is 13.8 Å². The molecule has 0 bridgehead atoms. The number of rotatable bonds is 4. The fourth-order valence-corrected chi connectivity index (χ4v) is 2.58. The molecule has 0 radical (unpaired) electrons. The van der Waals surface area contributed by atoms with Crippen molar-refractivity contribution in [3.63, 3.8) is 0 Å². The summed E-state index contributed by atoms with van der Waals surface area (Å²) in [5.74, 6) is 0.616. The van der Waals surface area contributed by atoms with Crippen LogP contribution in [0.15, 0.2) is 70.8 Å². The van der Waals surface area contributed by atoms with Crippen molar-refractivity contribution in [2.45, 2.75) is 27.7 Å². The standard InChI is InChI=1S/C22H22N4/c1-15-9-5-7-11-19(15)24-17(3)21-13-14-23-22(26-21)18(4)25-20-12-8-6-10-16(20)2/h5-14H,1-4H3/b24-17+,25-18+. The molecule has 3 aromatic rings. The Morgan fingerprint density at radius 2 is 1.27 bits per heavy atom. The van der Waals surface area contributed by atoms with Crippen LogP contribution in [0.2, 0.25) is 0 Å². The molecule has 1 aromatic heterocycles. The lowest BCUT2D eigenvalue weighted by molar-refractivity contribution is 1.11. The van der Waals surface area contributed by atoms with Crippen molar-refractivity contribution in [1.29, 1.82) is 0 Å². The van der Waals surface area contributed by atoms with Crippen LogP contribution in [0.3, 0.4) is 0 Å². The Bertz CT molecular complexity index is 910. The summed E-state index contributed by atoms with van der Waals surface area (Å²) in [5.41, 5.74) is 6.59. The van der Waals surface area contributed by atoms with Gasteiger partial charge < -0.3 is 0 Å². The van der Waals surface area contributed by atoms with Crippen LogP contribution in [-0.2, 0) is 0 Å². The van der Waals surface area contributed by atoms with Crippen molar-refractivity contribution >= 4 is 22.8 Å². The van der Waals surface area contributed by atoms with E-state index in [1.807, 2.05) is 69.3 Å². The zero-order chi connectivity index (χ0) is 18.5. The van der Waals surface area contributed by atoms with E-state index in [0.29, 0.717) is 5.82 Å². The third-order valence-electron chi connectivity index (χ3n) is 4.16. The molecule has 26 heavy (non-hydrogen) atoms. The third kappa shape index (κ3) is 4.09. The number of aromatic nitrogens is 2. The summed E-state index contributed by atoms with van der Waals surface area (Å²) in [5, 5.41) is 0. The van der Waals surface area contributed by atoms with Gasteiger partial charge in [0.15, 0.2) is 5.82 Å². The van der Waals surface area contributed by atoms with Crippen LogP contribution in [-0.4, -0.2) is 21.4 Å². The van der Waals surface area contributed by atoms with Gasteiger partial charge in [0.25, 0.3) is 0 Å². The molecular weight excluding hydrogens is 320 g/mol. The first kappa shape index (κ1) is 17.7. The summed E-state index contributed by atoms with van der Waals surface area (Å²) >= 11 is 0. The molecular formula is C22H22N4. The van der Waals surface area contributed by atoms with E-state index in [4.69, 9.17) is 4.99 Å². The monoisotopic (exact) mass is 342 g/mol. The average molecular weight is 342 g/mol. The second kappa shape index (κ2) is 7.83. The molecule has 0 aliphatic heterocycles. The van der Waals surface area contributed by atoms with Crippen LogP contribution in [0.25, 0.3) is 0 Å². The Labute approximate surface area is 154 Å². The number of para-hydroxylation sites is 2. The van der Waals surface area contributed by atoms with Crippen molar-refractivity contribution in [2.24, 2.45) is 9.98 Å². The van der Waals surface area contributed by atoms with Gasteiger partial charge >= 0.3 is 0 Å². The molecule has 0 saturated heterocycles. The predicted molar refractivity (Wildman–Crippen MR) is 108 cm³/mol. The minimum absolute atomic E-state index is 0.616. The van der Waals surface area contributed by atoms with E-state index in [1.165, 1.54) is 0 Å². The number of aryl methyl sites for hydroxylation is 2. The summed E-state index contributed by atoms with van der Waals surface area (Å²) in [6.07, 6.45) is 1.76. The zero-order valence-corrected chi connectivity index (χ0v) is 15.6. The zero-order valence-electron chi connectivity index (χ0n) is 15.6. The van der Waals surface area contributed by atoms with E-state index in [0.717, 1.165) is 39.6 Å². The molecule has 0 spiro atoms. The van der Waals surface area contributed by atoms with Gasteiger partial charge in [0.05, 0.1) is 28.5 Å². The fourth-order valence-electron chi connectivity index (χ4n) is 2.58. The van der Waals surface area contributed by atoms with Crippen LogP contribution < -0.4 is 0 Å². The molecule has 130 valence electrons. The molecule has 0 unspecified atom stereocenters. The number of aliphatic imine (C=N–C) groups is 2.